The molecule has 0 aliphatic heterocycles. The largest absolute Gasteiger partial charge is 0.472 e. The highest BCUT2D eigenvalue weighted by Crippen LogP contribution is 2.23. The van der Waals surface area contributed by atoms with Crippen molar-refractivity contribution in [1.29, 1.82) is 0 Å². The summed E-state index contributed by atoms with van der Waals surface area (Å²) in [5, 5.41) is 0. The molecule has 100 valence electrons. The minimum Gasteiger partial charge on any atom is -0.472 e. The number of aromatic nitrogens is 2. The van der Waals surface area contributed by atoms with Crippen LogP contribution in [0.4, 0.5) is 5.82 Å². The number of halogens is 1. The third-order valence-corrected chi connectivity index (χ3v) is 3.54. The second-order valence-electron chi connectivity index (χ2n) is 4.17. The first-order valence-electron chi connectivity index (χ1n) is 6.18. The van der Waals surface area contributed by atoms with Gasteiger partial charge in [0.05, 0.1) is 5.56 Å². The van der Waals surface area contributed by atoms with Crippen molar-refractivity contribution in [2.75, 3.05) is 5.73 Å². The van der Waals surface area contributed by atoms with Crippen molar-refractivity contribution in [2.45, 2.75) is 26.4 Å². The first-order valence-corrected chi connectivity index (χ1v) is 6.97. The molecule has 2 N–H and O–H groups in total. The standard InChI is InChI=1S/C14H16BrN3O/c1-2-5-11-13(16)17-9-18-14(11)19-8-10-6-3-4-7-12(10)15/h3-4,6-7,9H,2,5,8H2,1H3,(H2,16,17,18). The summed E-state index contributed by atoms with van der Waals surface area (Å²) in [6, 6.07) is 7.94. The fourth-order valence-electron chi connectivity index (χ4n) is 1.78. The van der Waals surface area contributed by atoms with Crippen LogP contribution in [0.1, 0.15) is 24.5 Å². The second-order valence-corrected chi connectivity index (χ2v) is 5.03. The van der Waals surface area contributed by atoms with Gasteiger partial charge in [0.2, 0.25) is 5.88 Å². The van der Waals surface area contributed by atoms with E-state index in [0.29, 0.717) is 18.3 Å². The van der Waals surface area contributed by atoms with Crippen molar-refractivity contribution in [3.05, 3.63) is 46.2 Å². The summed E-state index contributed by atoms with van der Waals surface area (Å²) < 4.78 is 6.80. The van der Waals surface area contributed by atoms with Gasteiger partial charge in [0, 0.05) is 10.0 Å². The number of benzene rings is 1. The van der Waals surface area contributed by atoms with E-state index >= 15 is 0 Å². The van der Waals surface area contributed by atoms with Gasteiger partial charge in [-0.15, -0.1) is 0 Å². The lowest BCUT2D eigenvalue weighted by Crippen LogP contribution is -2.05. The molecule has 0 spiro atoms. The van der Waals surface area contributed by atoms with E-state index in [1.54, 1.807) is 0 Å². The molecule has 2 rings (SSSR count). The average Bonchev–Trinajstić information content (AvgIpc) is 2.41. The second kappa shape index (κ2) is 6.52. The lowest BCUT2D eigenvalue weighted by Gasteiger charge is -2.11. The van der Waals surface area contributed by atoms with Gasteiger partial charge in [-0.2, -0.15) is 0 Å². The van der Waals surface area contributed by atoms with Crippen LogP contribution in [0, 0.1) is 0 Å². The Hall–Kier alpha value is -1.62. The fourth-order valence-corrected chi connectivity index (χ4v) is 2.18. The molecular formula is C14H16BrN3O. The summed E-state index contributed by atoms with van der Waals surface area (Å²) in [6.45, 7) is 2.54. The van der Waals surface area contributed by atoms with Crippen molar-refractivity contribution in [3.63, 3.8) is 0 Å². The van der Waals surface area contributed by atoms with Gasteiger partial charge in [0.25, 0.3) is 0 Å². The minimum absolute atomic E-state index is 0.453. The molecule has 0 aliphatic rings. The van der Waals surface area contributed by atoms with Crippen LogP contribution in [0.3, 0.4) is 0 Å². The number of nitrogen functional groups attached to an aromatic ring is 1. The molecule has 0 aliphatic carbocycles. The molecule has 0 radical (unpaired) electrons. The van der Waals surface area contributed by atoms with E-state index < -0.39 is 0 Å². The summed E-state index contributed by atoms with van der Waals surface area (Å²) >= 11 is 3.50. The number of ether oxygens (including phenoxy) is 1. The molecule has 0 saturated carbocycles. The molecule has 0 saturated heterocycles. The predicted octanol–water partition coefficient (Wildman–Crippen LogP) is 3.35. The van der Waals surface area contributed by atoms with Crippen LogP contribution in [0.15, 0.2) is 35.1 Å². The maximum absolute atomic E-state index is 5.87. The van der Waals surface area contributed by atoms with E-state index in [2.05, 4.69) is 32.8 Å². The molecule has 0 atom stereocenters. The molecule has 0 amide bonds. The minimum atomic E-state index is 0.453. The van der Waals surface area contributed by atoms with E-state index in [0.717, 1.165) is 28.4 Å². The normalized spacial score (nSPS) is 10.4. The number of anilines is 1. The van der Waals surface area contributed by atoms with Crippen molar-refractivity contribution in [3.8, 4) is 5.88 Å². The Morgan fingerprint density at radius 2 is 2.05 bits per heavy atom. The molecular weight excluding hydrogens is 306 g/mol. The highest BCUT2D eigenvalue weighted by molar-refractivity contribution is 9.10. The van der Waals surface area contributed by atoms with Crippen LogP contribution < -0.4 is 10.5 Å². The number of hydrogen-bond acceptors (Lipinski definition) is 4. The van der Waals surface area contributed by atoms with Crippen LogP contribution >= 0.6 is 15.9 Å². The summed E-state index contributed by atoms with van der Waals surface area (Å²) in [5.41, 5.74) is 7.82. The quantitative estimate of drug-likeness (QED) is 0.917. The van der Waals surface area contributed by atoms with Crippen molar-refractivity contribution >= 4 is 21.7 Å². The van der Waals surface area contributed by atoms with Gasteiger partial charge < -0.3 is 10.5 Å². The van der Waals surface area contributed by atoms with Gasteiger partial charge in [0.15, 0.2) is 0 Å². The number of rotatable bonds is 5. The molecule has 0 bridgehead atoms. The van der Waals surface area contributed by atoms with Gasteiger partial charge in [-0.1, -0.05) is 47.5 Å². The smallest absolute Gasteiger partial charge is 0.222 e. The van der Waals surface area contributed by atoms with Gasteiger partial charge >= 0.3 is 0 Å². The zero-order valence-corrected chi connectivity index (χ0v) is 12.4. The van der Waals surface area contributed by atoms with Gasteiger partial charge in [-0.25, -0.2) is 9.97 Å². The molecule has 1 aromatic heterocycles. The van der Waals surface area contributed by atoms with Crippen molar-refractivity contribution < 1.29 is 4.74 Å². The third-order valence-electron chi connectivity index (χ3n) is 2.76. The molecule has 0 unspecified atom stereocenters. The highest BCUT2D eigenvalue weighted by atomic mass is 79.9. The van der Waals surface area contributed by atoms with Crippen LogP contribution in [0.5, 0.6) is 5.88 Å². The first-order chi connectivity index (χ1) is 9.22. The number of hydrogen-bond donors (Lipinski definition) is 1. The lowest BCUT2D eigenvalue weighted by atomic mass is 10.2. The summed E-state index contributed by atoms with van der Waals surface area (Å²) in [7, 11) is 0. The average molecular weight is 322 g/mol. The first kappa shape index (κ1) is 13.8. The van der Waals surface area contributed by atoms with Crippen molar-refractivity contribution in [2.24, 2.45) is 0 Å². The van der Waals surface area contributed by atoms with Crippen LogP contribution in [-0.2, 0) is 13.0 Å². The molecule has 4 nitrogen and oxygen atoms in total. The summed E-state index contributed by atoms with van der Waals surface area (Å²) in [4.78, 5) is 8.18. The Morgan fingerprint density at radius 3 is 2.79 bits per heavy atom. The Kier molecular flexibility index (Phi) is 4.74. The van der Waals surface area contributed by atoms with Gasteiger partial charge in [-0.05, 0) is 12.5 Å². The van der Waals surface area contributed by atoms with E-state index in [-0.39, 0.29) is 0 Å². The Labute approximate surface area is 121 Å². The zero-order chi connectivity index (χ0) is 13.7. The topological polar surface area (TPSA) is 61.0 Å². The Morgan fingerprint density at radius 1 is 1.26 bits per heavy atom. The van der Waals surface area contributed by atoms with E-state index in [9.17, 15) is 0 Å². The van der Waals surface area contributed by atoms with Crippen LogP contribution in [0.25, 0.3) is 0 Å². The maximum Gasteiger partial charge on any atom is 0.222 e. The van der Waals surface area contributed by atoms with Crippen LogP contribution in [-0.4, -0.2) is 9.97 Å². The van der Waals surface area contributed by atoms with E-state index in [1.165, 1.54) is 6.33 Å². The van der Waals surface area contributed by atoms with E-state index in [1.807, 2.05) is 24.3 Å². The molecule has 1 aromatic carbocycles. The molecule has 0 fully saturated rings. The Balaban J connectivity index is 2.16. The van der Waals surface area contributed by atoms with Crippen molar-refractivity contribution in [1.82, 2.24) is 9.97 Å². The lowest BCUT2D eigenvalue weighted by molar-refractivity contribution is 0.289. The monoisotopic (exact) mass is 321 g/mol. The van der Waals surface area contributed by atoms with Gasteiger partial charge in [0.1, 0.15) is 18.8 Å². The Bertz CT molecular complexity index is 560. The third kappa shape index (κ3) is 3.44. The maximum atomic E-state index is 5.87. The summed E-state index contributed by atoms with van der Waals surface area (Å²) in [5.74, 6) is 1.07. The molecule has 2 aromatic rings. The molecule has 19 heavy (non-hydrogen) atoms. The molecule has 5 heteroatoms. The zero-order valence-electron chi connectivity index (χ0n) is 10.8. The highest BCUT2D eigenvalue weighted by Gasteiger charge is 2.10. The van der Waals surface area contributed by atoms with Crippen LogP contribution in [0.2, 0.25) is 0 Å². The van der Waals surface area contributed by atoms with Gasteiger partial charge in [-0.3, -0.25) is 0 Å². The fraction of sp³-hybridized carbons (Fsp3) is 0.286. The summed E-state index contributed by atoms with van der Waals surface area (Å²) in [6.07, 6.45) is 3.23. The number of nitrogens with zero attached hydrogens (tertiary/aromatic N) is 2. The number of nitrogens with two attached hydrogens (primary N) is 1. The predicted molar refractivity (Wildman–Crippen MR) is 78.9 cm³/mol. The molecule has 1 heterocycles. The SMILES string of the molecule is CCCc1c(N)ncnc1OCc1ccccc1Br. The van der Waals surface area contributed by atoms with E-state index in [4.69, 9.17) is 10.5 Å².